The van der Waals surface area contributed by atoms with Crippen molar-refractivity contribution >= 4 is 5.97 Å². The van der Waals surface area contributed by atoms with Crippen LogP contribution in [-0.4, -0.2) is 16.2 Å². The minimum Gasteiger partial charge on any atom is -0.475 e. The molecule has 1 aromatic rings. The summed E-state index contributed by atoms with van der Waals surface area (Å²) in [4.78, 5) is 11.0. The Hall–Kier alpha value is -1.29. The molecule has 3 atom stereocenters. The van der Waals surface area contributed by atoms with Crippen LogP contribution in [0.4, 0.5) is 0 Å². The first-order valence-electron chi connectivity index (χ1n) is 7.90. The summed E-state index contributed by atoms with van der Waals surface area (Å²) in [5.41, 5.74) is 0.250. The summed E-state index contributed by atoms with van der Waals surface area (Å²) in [6.45, 7) is 2.36. The SMILES string of the molecule is CC12CC3CC(C1)CC(C(O)c1ccc(C(=O)O)o1)(C3)C2. The maximum Gasteiger partial charge on any atom is 0.371 e. The summed E-state index contributed by atoms with van der Waals surface area (Å²) in [7, 11) is 0. The number of carbonyl (C=O) groups is 1. The maximum absolute atomic E-state index is 11.0. The molecule has 1 aromatic heterocycles. The highest BCUT2D eigenvalue weighted by Gasteiger charge is 2.58. The number of hydrogen-bond donors (Lipinski definition) is 2. The van der Waals surface area contributed by atoms with E-state index in [9.17, 15) is 9.90 Å². The standard InChI is InChI=1S/C17H22O4/c1-16-5-10-4-11(6-16)8-17(7-10,9-16)14(18)12-2-3-13(21-12)15(19)20/h2-3,10-11,14,18H,4-9H2,1H3,(H,19,20). The number of furan rings is 1. The quantitative estimate of drug-likeness (QED) is 0.892. The summed E-state index contributed by atoms with van der Waals surface area (Å²) in [6.07, 6.45) is 6.37. The van der Waals surface area contributed by atoms with Gasteiger partial charge < -0.3 is 14.6 Å². The first-order chi connectivity index (χ1) is 9.89. The minimum atomic E-state index is -1.08. The highest BCUT2D eigenvalue weighted by molar-refractivity contribution is 5.84. The van der Waals surface area contributed by atoms with Crippen molar-refractivity contribution in [2.75, 3.05) is 0 Å². The fraction of sp³-hybridized carbons (Fsp3) is 0.706. The average Bonchev–Trinajstić information content (AvgIpc) is 2.84. The van der Waals surface area contributed by atoms with Crippen molar-refractivity contribution in [3.63, 3.8) is 0 Å². The lowest BCUT2D eigenvalue weighted by Crippen LogP contribution is -2.53. The summed E-state index contributed by atoms with van der Waals surface area (Å²) >= 11 is 0. The van der Waals surface area contributed by atoms with Crippen molar-refractivity contribution in [2.24, 2.45) is 22.7 Å². The third-order valence-electron chi connectivity index (χ3n) is 6.09. The van der Waals surface area contributed by atoms with E-state index >= 15 is 0 Å². The predicted molar refractivity (Wildman–Crippen MR) is 75.8 cm³/mol. The molecule has 21 heavy (non-hydrogen) atoms. The van der Waals surface area contributed by atoms with Gasteiger partial charge in [0, 0.05) is 5.41 Å². The van der Waals surface area contributed by atoms with E-state index in [1.807, 2.05) is 0 Å². The van der Waals surface area contributed by atoms with Gasteiger partial charge in [-0.3, -0.25) is 0 Å². The third-order valence-corrected chi connectivity index (χ3v) is 6.09. The van der Waals surface area contributed by atoms with E-state index in [1.54, 1.807) is 6.07 Å². The Kier molecular flexibility index (Phi) is 2.63. The van der Waals surface area contributed by atoms with Crippen LogP contribution < -0.4 is 0 Å². The smallest absolute Gasteiger partial charge is 0.371 e. The van der Waals surface area contributed by atoms with E-state index in [1.165, 1.54) is 25.3 Å². The highest BCUT2D eigenvalue weighted by atomic mass is 16.4. The second-order valence-electron chi connectivity index (χ2n) is 8.04. The Bertz CT molecular complexity index is 573. The van der Waals surface area contributed by atoms with E-state index in [-0.39, 0.29) is 11.2 Å². The van der Waals surface area contributed by atoms with Gasteiger partial charge in [0.2, 0.25) is 5.76 Å². The van der Waals surface area contributed by atoms with Gasteiger partial charge in [-0.15, -0.1) is 0 Å². The molecule has 0 amide bonds. The lowest BCUT2D eigenvalue weighted by molar-refractivity contribution is -0.159. The Morgan fingerprint density at radius 2 is 1.95 bits per heavy atom. The molecule has 4 bridgehead atoms. The molecule has 4 nitrogen and oxygen atoms in total. The molecular weight excluding hydrogens is 268 g/mol. The van der Waals surface area contributed by atoms with Crippen LogP contribution in [0.3, 0.4) is 0 Å². The number of aromatic carboxylic acids is 1. The van der Waals surface area contributed by atoms with E-state index < -0.39 is 12.1 Å². The van der Waals surface area contributed by atoms with Crippen molar-refractivity contribution < 1.29 is 19.4 Å². The first-order valence-corrected chi connectivity index (χ1v) is 7.90. The van der Waals surface area contributed by atoms with Crippen molar-refractivity contribution in [3.05, 3.63) is 23.7 Å². The second-order valence-corrected chi connectivity index (χ2v) is 8.04. The van der Waals surface area contributed by atoms with Crippen LogP contribution in [-0.2, 0) is 0 Å². The number of carboxylic acids is 1. The summed E-state index contributed by atoms with van der Waals surface area (Å²) in [5, 5.41) is 19.9. The lowest BCUT2D eigenvalue weighted by Gasteiger charge is -2.62. The highest BCUT2D eigenvalue weighted by Crippen LogP contribution is 2.68. The zero-order valence-corrected chi connectivity index (χ0v) is 12.3. The minimum absolute atomic E-state index is 0.0833. The molecule has 0 aromatic carbocycles. The molecule has 0 saturated heterocycles. The van der Waals surface area contributed by atoms with Crippen LogP contribution >= 0.6 is 0 Å². The number of hydrogen-bond acceptors (Lipinski definition) is 3. The Morgan fingerprint density at radius 3 is 2.48 bits per heavy atom. The van der Waals surface area contributed by atoms with Gasteiger partial charge >= 0.3 is 5.97 Å². The molecule has 1 heterocycles. The molecule has 4 aliphatic carbocycles. The van der Waals surface area contributed by atoms with Crippen molar-refractivity contribution in [2.45, 2.75) is 51.6 Å². The topological polar surface area (TPSA) is 70.7 Å². The van der Waals surface area contributed by atoms with Gasteiger partial charge in [0.15, 0.2) is 0 Å². The van der Waals surface area contributed by atoms with Gasteiger partial charge in [-0.2, -0.15) is 0 Å². The molecule has 5 rings (SSSR count). The Balaban J connectivity index is 1.66. The first kappa shape index (κ1) is 13.4. The molecule has 3 unspecified atom stereocenters. The van der Waals surface area contributed by atoms with Crippen LogP contribution in [0.25, 0.3) is 0 Å². The zero-order chi connectivity index (χ0) is 14.8. The fourth-order valence-corrected chi connectivity index (χ4v) is 6.03. The molecule has 4 fully saturated rings. The van der Waals surface area contributed by atoms with Crippen LogP contribution in [0.5, 0.6) is 0 Å². The van der Waals surface area contributed by atoms with Crippen LogP contribution in [0.1, 0.15) is 67.9 Å². The summed E-state index contributed by atoms with van der Waals surface area (Å²) < 4.78 is 5.38. The number of rotatable bonds is 3. The molecule has 2 N–H and O–H groups in total. The molecule has 0 aliphatic heterocycles. The van der Waals surface area contributed by atoms with Gasteiger partial charge in [0.25, 0.3) is 0 Å². The molecule has 4 saturated carbocycles. The van der Waals surface area contributed by atoms with Gasteiger partial charge in [-0.05, 0) is 67.9 Å². The predicted octanol–water partition coefficient (Wildman–Crippen LogP) is 3.62. The molecule has 4 aliphatic rings. The fourth-order valence-electron chi connectivity index (χ4n) is 6.03. The average molecular weight is 290 g/mol. The van der Waals surface area contributed by atoms with Crippen molar-refractivity contribution in [1.29, 1.82) is 0 Å². The van der Waals surface area contributed by atoms with Crippen LogP contribution in [0.15, 0.2) is 16.5 Å². The summed E-state index contributed by atoms with van der Waals surface area (Å²) in [6, 6.07) is 3.08. The van der Waals surface area contributed by atoms with E-state index in [0.29, 0.717) is 11.2 Å². The second kappa shape index (κ2) is 4.13. The molecule has 4 heteroatoms. The maximum atomic E-state index is 11.0. The normalized spacial score (nSPS) is 42.2. The van der Waals surface area contributed by atoms with E-state index in [4.69, 9.17) is 9.52 Å². The van der Waals surface area contributed by atoms with E-state index in [2.05, 4.69) is 6.92 Å². The number of aliphatic hydroxyl groups is 1. The van der Waals surface area contributed by atoms with Gasteiger partial charge in [0.1, 0.15) is 11.9 Å². The van der Waals surface area contributed by atoms with Crippen molar-refractivity contribution in [3.8, 4) is 0 Å². The number of carboxylic acid groups (broad SMARTS) is 1. The van der Waals surface area contributed by atoms with Crippen molar-refractivity contribution in [1.82, 2.24) is 0 Å². The van der Waals surface area contributed by atoms with Gasteiger partial charge in [-0.1, -0.05) is 6.92 Å². The third kappa shape index (κ3) is 1.95. The monoisotopic (exact) mass is 290 g/mol. The lowest BCUT2D eigenvalue weighted by atomic mass is 9.43. The largest absolute Gasteiger partial charge is 0.475 e. The number of aliphatic hydroxyl groups excluding tert-OH is 1. The van der Waals surface area contributed by atoms with Gasteiger partial charge in [-0.25, -0.2) is 4.79 Å². The van der Waals surface area contributed by atoms with Crippen LogP contribution in [0, 0.1) is 22.7 Å². The van der Waals surface area contributed by atoms with Crippen LogP contribution in [0.2, 0.25) is 0 Å². The molecule has 0 radical (unpaired) electrons. The Morgan fingerprint density at radius 1 is 1.29 bits per heavy atom. The summed E-state index contributed by atoms with van der Waals surface area (Å²) in [5.74, 6) is 0.712. The molecule has 0 spiro atoms. The zero-order valence-electron chi connectivity index (χ0n) is 12.3. The molecule has 114 valence electrons. The Labute approximate surface area is 124 Å². The van der Waals surface area contributed by atoms with Gasteiger partial charge in [0.05, 0.1) is 0 Å². The molecular formula is C17H22O4. The van der Waals surface area contributed by atoms with E-state index in [0.717, 1.165) is 31.1 Å².